The van der Waals surface area contributed by atoms with Gasteiger partial charge in [0.05, 0.1) is 0 Å². The Hall–Kier alpha value is -3.72. The Morgan fingerprint density at radius 3 is 2.25 bits per heavy atom. The van der Waals surface area contributed by atoms with E-state index in [2.05, 4.69) is 29.9 Å². The van der Waals surface area contributed by atoms with Gasteiger partial charge in [0.25, 0.3) is 0 Å². The molecule has 0 saturated carbocycles. The number of rotatable bonds is 9. The maximum absolute atomic E-state index is 12.9. The van der Waals surface area contributed by atoms with E-state index in [1.807, 2.05) is 54.6 Å². The summed E-state index contributed by atoms with van der Waals surface area (Å²) < 4.78 is 5.74. The zero-order valence-electron chi connectivity index (χ0n) is 19.7. The van der Waals surface area contributed by atoms with Crippen LogP contribution in [-0.2, 0) is 25.6 Å². The molecule has 1 unspecified atom stereocenters. The summed E-state index contributed by atoms with van der Waals surface area (Å²) in [4.78, 5) is 36.8. The molecule has 2 aliphatic rings. The normalized spacial score (nSPS) is 17.4. The Morgan fingerprint density at radius 2 is 1.58 bits per heavy atom. The van der Waals surface area contributed by atoms with Crippen LogP contribution in [0.1, 0.15) is 35.4 Å². The second-order valence-corrected chi connectivity index (χ2v) is 8.93. The molecule has 5 rings (SSSR count). The van der Waals surface area contributed by atoms with Gasteiger partial charge in [0.2, 0.25) is 0 Å². The Labute approximate surface area is 209 Å². The van der Waals surface area contributed by atoms with Crippen molar-refractivity contribution in [1.29, 1.82) is 0 Å². The summed E-state index contributed by atoms with van der Waals surface area (Å²) in [6.07, 6.45) is -0.739. The number of benzene rings is 3. The van der Waals surface area contributed by atoms with E-state index >= 15 is 0 Å². The van der Waals surface area contributed by atoms with Crippen LogP contribution < -0.4 is 5.64 Å². The van der Waals surface area contributed by atoms with Crippen molar-refractivity contribution in [2.75, 3.05) is 13.2 Å². The second kappa shape index (κ2) is 10.9. The van der Waals surface area contributed by atoms with Crippen molar-refractivity contribution >= 4 is 12.1 Å². The number of nitrogens with zero attached hydrogens (tertiary/aromatic N) is 1. The lowest BCUT2D eigenvalue weighted by Crippen LogP contribution is -2.42. The number of carboxylic acid groups (broad SMARTS) is 1. The molecule has 0 bridgehead atoms. The minimum Gasteiger partial charge on any atom is -0.479 e. The molecule has 0 radical (unpaired) electrons. The van der Waals surface area contributed by atoms with Crippen molar-refractivity contribution in [3.8, 4) is 11.1 Å². The van der Waals surface area contributed by atoms with Gasteiger partial charge in [0, 0.05) is 18.9 Å². The minimum absolute atomic E-state index is 0.0286. The average molecular weight is 489 g/mol. The molecular formula is C28H28N2O6. The van der Waals surface area contributed by atoms with Crippen molar-refractivity contribution in [1.82, 2.24) is 10.5 Å². The lowest BCUT2D eigenvalue weighted by molar-refractivity contribution is -0.241. The summed E-state index contributed by atoms with van der Waals surface area (Å²) in [5.74, 6) is -1.14. The van der Waals surface area contributed by atoms with Gasteiger partial charge in [0.15, 0.2) is 12.3 Å². The maximum atomic E-state index is 12.9. The fraction of sp³-hybridized carbons (Fsp3) is 0.286. The highest BCUT2D eigenvalue weighted by molar-refractivity contribution is 5.79. The van der Waals surface area contributed by atoms with E-state index in [9.17, 15) is 14.7 Å². The van der Waals surface area contributed by atoms with Gasteiger partial charge in [-0.2, -0.15) is 0 Å². The fourth-order valence-corrected chi connectivity index (χ4v) is 4.89. The number of hydrogen-bond acceptors (Lipinski definition) is 6. The molecule has 186 valence electrons. The van der Waals surface area contributed by atoms with E-state index in [-0.39, 0.29) is 18.9 Å². The zero-order valence-corrected chi connectivity index (χ0v) is 19.7. The Morgan fingerprint density at radius 1 is 0.944 bits per heavy atom. The zero-order chi connectivity index (χ0) is 24.9. The molecule has 3 aromatic rings. The third-order valence-electron chi connectivity index (χ3n) is 6.68. The number of amides is 1. The van der Waals surface area contributed by atoms with Crippen molar-refractivity contribution in [2.45, 2.75) is 37.5 Å². The summed E-state index contributed by atoms with van der Waals surface area (Å²) in [5.41, 5.74) is 7.76. The lowest BCUT2D eigenvalue weighted by atomic mass is 9.98. The third kappa shape index (κ3) is 5.11. The number of hydrogen-bond donors (Lipinski definition) is 2. The number of aliphatic carboxylic acids is 1. The van der Waals surface area contributed by atoms with Gasteiger partial charge in [-0.1, -0.05) is 84.5 Å². The number of likely N-dealkylation sites (tertiary alicyclic amines) is 1. The van der Waals surface area contributed by atoms with Crippen molar-refractivity contribution in [3.63, 3.8) is 0 Å². The molecule has 2 N–H and O–H groups in total. The Kier molecular flexibility index (Phi) is 7.27. The first-order valence-electron chi connectivity index (χ1n) is 12.1. The first-order valence-corrected chi connectivity index (χ1v) is 12.1. The maximum Gasteiger partial charge on any atom is 0.411 e. The van der Waals surface area contributed by atoms with E-state index in [1.165, 1.54) is 16.0 Å². The van der Waals surface area contributed by atoms with Gasteiger partial charge >= 0.3 is 12.1 Å². The van der Waals surface area contributed by atoms with E-state index < -0.39 is 24.4 Å². The highest BCUT2D eigenvalue weighted by Crippen LogP contribution is 2.44. The van der Waals surface area contributed by atoms with Gasteiger partial charge in [0.1, 0.15) is 6.61 Å². The first kappa shape index (κ1) is 24.0. The second-order valence-electron chi connectivity index (χ2n) is 8.93. The van der Waals surface area contributed by atoms with Gasteiger partial charge in [-0.3, -0.25) is 14.6 Å². The number of nitrogens with one attached hydrogen (secondary N) is 1. The topological polar surface area (TPSA) is 97.3 Å². The van der Waals surface area contributed by atoms with Gasteiger partial charge in [-0.05, 0) is 40.7 Å². The van der Waals surface area contributed by atoms with E-state index in [0.717, 1.165) is 23.1 Å². The number of fused-ring (bicyclic) bond motifs is 3. The van der Waals surface area contributed by atoms with Crippen molar-refractivity contribution in [2.24, 2.45) is 0 Å². The predicted octanol–water partition coefficient (Wildman–Crippen LogP) is 4.51. The molecule has 1 aliphatic carbocycles. The lowest BCUT2D eigenvalue weighted by Gasteiger charge is -2.25. The molecule has 2 atom stereocenters. The number of carboxylic acids is 1. The van der Waals surface area contributed by atoms with Crippen LogP contribution in [0, 0.1) is 0 Å². The summed E-state index contributed by atoms with van der Waals surface area (Å²) in [5, 5.41) is 9.47. The number of carbonyl (C=O) groups excluding carboxylic acids is 1. The molecule has 8 nitrogen and oxygen atoms in total. The standard InChI is InChI=1S/C28H28N2O6/c31-27(32)25(17-19-9-2-1-3-10-19)35-29-36-26-15-8-16-30(26)28(33)34-18-24-22-13-6-4-11-20(22)21-12-5-7-14-23(21)24/h1-7,9-14,24-26,29H,8,15-18H2,(H,31,32)/t25?,26-/m1/s1. The van der Waals surface area contributed by atoms with Gasteiger partial charge in [-0.25, -0.2) is 9.59 Å². The molecule has 0 spiro atoms. The van der Waals surface area contributed by atoms with Crippen molar-refractivity contribution in [3.05, 3.63) is 95.6 Å². The van der Waals surface area contributed by atoms with Crippen LogP contribution in [0.15, 0.2) is 78.9 Å². The summed E-state index contributed by atoms with van der Waals surface area (Å²) in [7, 11) is 0. The first-order chi connectivity index (χ1) is 17.6. The van der Waals surface area contributed by atoms with Crippen LogP contribution in [0.4, 0.5) is 4.79 Å². The highest BCUT2D eigenvalue weighted by atomic mass is 16.9. The predicted molar refractivity (Wildman–Crippen MR) is 132 cm³/mol. The summed E-state index contributed by atoms with van der Waals surface area (Å²) in [6, 6.07) is 25.5. The monoisotopic (exact) mass is 488 g/mol. The van der Waals surface area contributed by atoms with Crippen LogP contribution in [0.3, 0.4) is 0 Å². The Bertz CT molecular complexity index is 1170. The van der Waals surface area contributed by atoms with E-state index in [1.54, 1.807) is 0 Å². The van der Waals surface area contributed by atoms with Crippen LogP contribution >= 0.6 is 0 Å². The van der Waals surface area contributed by atoms with Gasteiger partial charge in [-0.15, -0.1) is 0 Å². The number of ether oxygens (including phenoxy) is 1. The molecule has 36 heavy (non-hydrogen) atoms. The SMILES string of the molecule is O=C(O)C(Cc1ccccc1)ONO[C@@H]1CCCN1C(=O)OCC1c2ccccc2-c2ccccc21. The molecule has 0 aromatic heterocycles. The molecule has 1 aliphatic heterocycles. The third-order valence-corrected chi connectivity index (χ3v) is 6.68. The molecule has 8 heteroatoms. The largest absolute Gasteiger partial charge is 0.479 e. The smallest absolute Gasteiger partial charge is 0.411 e. The average Bonchev–Trinajstić information content (AvgIpc) is 3.50. The summed E-state index contributed by atoms with van der Waals surface area (Å²) in [6.45, 7) is 0.702. The highest BCUT2D eigenvalue weighted by Gasteiger charge is 2.34. The molecule has 1 saturated heterocycles. The van der Waals surface area contributed by atoms with Crippen LogP contribution in [-0.4, -0.2) is 47.6 Å². The van der Waals surface area contributed by atoms with Crippen LogP contribution in [0.2, 0.25) is 0 Å². The van der Waals surface area contributed by atoms with Crippen LogP contribution in [0.25, 0.3) is 11.1 Å². The molecule has 1 heterocycles. The van der Waals surface area contributed by atoms with E-state index in [4.69, 9.17) is 14.4 Å². The Balaban J connectivity index is 1.16. The molecule has 1 amide bonds. The molecular weight excluding hydrogens is 460 g/mol. The van der Waals surface area contributed by atoms with Gasteiger partial charge < -0.3 is 9.84 Å². The van der Waals surface area contributed by atoms with Crippen molar-refractivity contribution < 1.29 is 29.1 Å². The summed E-state index contributed by atoms with van der Waals surface area (Å²) >= 11 is 0. The van der Waals surface area contributed by atoms with Crippen LogP contribution in [0.5, 0.6) is 0 Å². The molecule has 3 aromatic carbocycles. The van der Waals surface area contributed by atoms with E-state index in [0.29, 0.717) is 13.0 Å². The number of carbonyl (C=O) groups is 2. The quantitative estimate of drug-likeness (QED) is 0.428. The fourth-order valence-electron chi connectivity index (χ4n) is 4.89. The minimum atomic E-state index is -1.14. The molecule has 1 fully saturated rings.